The maximum atomic E-state index is 12.4. The highest BCUT2D eigenvalue weighted by molar-refractivity contribution is 5.97. The van der Waals surface area contributed by atoms with Crippen molar-refractivity contribution in [1.29, 1.82) is 0 Å². The summed E-state index contributed by atoms with van der Waals surface area (Å²) in [6.45, 7) is 3.64. The van der Waals surface area contributed by atoms with Crippen molar-refractivity contribution in [2.45, 2.75) is 25.9 Å². The van der Waals surface area contributed by atoms with Gasteiger partial charge < -0.3 is 20.3 Å². The molecule has 1 aliphatic heterocycles. The molecule has 1 aromatic carbocycles. The first-order valence-corrected chi connectivity index (χ1v) is 9.10. The zero-order valence-electron chi connectivity index (χ0n) is 15.7. The molecule has 0 bridgehead atoms. The first kappa shape index (κ1) is 18.7. The van der Waals surface area contributed by atoms with Crippen molar-refractivity contribution in [2.24, 2.45) is 4.99 Å². The van der Waals surface area contributed by atoms with Crippen molar-refractivity contribution < 1.29 is 9.53 Å². The number of hydrogen-bond acceptors (Lipinski definition) is 4. The first-order chi connectivity index (χ1) is 13.2. The molecule has 0 saturated carbocycles. The van der Waals surface area contributed by atoms with E-state index in [4.69, 9.17) is 4.74 Å². The smallest absolute Gasteiger partial charge is 0.229 e. The fourth-order valence-corrected chi connectivity index (χ4v) is 3.05. The van der Waals surface area contributed by atoms with Crippen LogP contribution in [0.3, 0.4) is 0 Å². The molecular weight excluding hydrogens is 342 g/mol. The van der Waals surface area contributed by atoms with Gasteiger partial charge >= 0.3 is 0 Å². The highest BCUT2D eigenvalue weighted by Crippen LogP contribution is 2.21. The van der Waals surface area contributed by atoms with E-state index in [9.17, 15) is 4.79 Å². The monoisotopic (exact) mass is 367 g/mol. The summed E-state index contributed by atoms with van der Waals surface area (Å²) in [5.74, 6) is 1.38. The van der Waals surface area contributed by atoms with Crippen LogP contribution in [0.4, 0.5) is 5.69 Å². The van der Waals surface area contributed by atoms with Crippen LogP contribution in [-0.4, -0.2) is 43.1 Å². The van der Waals surface area contributed by atoms with Gasteiger partial charge in [-0.2, -0.15) is 0 Å². The van der Waals surface area contributed by atoms with Crippen molar-refractivity contribution in [1.82, 2.24) is 15.6 Å². The van der Waals surface area contributed by atoms with Gasteiger partial charge in [0.1, 0.15) is 0 Å². The molecule has 2 aromatic rings. The number of benzene rings is 1. The van der Waals surface area contributed by atoms with Crippen LogP contribution in [-0.2, 0) is 11.3 Å². The highest BCUT2D eigenvalue weighted by atomic mass is 16.5. The molecule has 3 rings (SSSR count). The van der Waals surface area contributed by atoms with Gasteiger partial charge in [0.05, 0.1) is 12.6 Å². The summed E-state index contributed by atoms with van der Waals surface area (Å²) in [5.41, 5.74) is 1.88. The summed E-state index contributed by atoms with van der Waals surface area (Å²) in [7, 11) is 1.72. The lowest BCUT2D eigenvalue weighted by Crippen LogP contribution is -2.44. The molecule has 1 aromatic heterocycles. The van der Waals surface area contributed by atoms with Gasteiger partial charge in [-0.25, -0.2) is 4.98 Å². The van der Waals surface area contributed by atoms with Gasteiger partial charge in [-0.3, -0.25) is 9.79 Å². The van der Waals surface area contributed by atoms with Gasteiger partial charge in [-0.15, -0.1) is 0 Å². The number of ether oxygens (including phenoxy) is 1. The van der Waals surface area contributed by atoms with Crippen molar-refractivity contribution >= 4 is 17.6 Å². The molecule has 7 nitrogen and oxygen atoms in total. The molecule has 0 spiro atoms. The van der Waals surface area contributed by atoms with Gasteiger partial charge in [-0.05, 0) is 25.1 Å². The van der Waals surface area contributed by atoms with Crippen LogP contribution >= 0.6 is 0 Å². The summed E-state index contributed by atoms with van der Waals surface area (Å²) in [6.07, 6.45) is 2.15. The van der Waals surface area contributed by atoms with E-state index in [1.165, 1.54) is 0 Å². The standard InChI is InChI=1S/C20H25N5O2/c1-3-27-19-15(8-7-11-22-19)13-23-20(21-2)24-16-12-18(26)25(14-16)17-9-5-4-6-10-17/h4-11,16H,3,12-14H2,1-2H3,(H2,21,23,24). The molecule has 2 N–H and O–H groups in total. The van der Waals surface area contributed by atoms with Gasteiger partial charge in [0.15, 0.2) is 5.96 Å². The van der Waals surface area contributed by atoms with Crippen LogP contribution in [0.1, 0.15) is 18.9 Å². The quantitative estimate of drug-likeness (QED) is 0.603. The fourth-order valence-electron chi connectivity index (χ4n) is 3.05. The number of nitrogens with one attached hydrogen (secondary N) is 2. The topological polar surface area (TPSA) is 78.8 Å². The van der Waals surface area contributed by atoms with E-state index < -0.39 is 0 Å². The SMILES string of the molecule is CCOc1ncccc1CNC(=NC)NC1CC(=O)N(c2ccccc2)C1. The van der Waals surface area contributed by atoms with Crippen molar-refractivity contribution in [3.8, 4) is 5.88 Å². The Hall–Kier alpha value is -3.09. The van der Waals surface area contributed by atoms with Crippen LogP contribution in [0.2, 0.25) is 0 Å². The maximum Gasteiger partial charge on any atom is 0.229 e. The molecule has 2 heterocycles. The van der Waals surface area contributed by atoms with Crippen molar-refractivity contribution in [3.63, 3.8) is 0 Å². The Bertz CT molecular complexity index is 794. The van der Waals surface area contributed by atoms with Crippen LogP contribution in [0.15, 0.2) is 53.7 Å². The predicted octanol–water partition coefficient (Wildman–Crippen LogP) is 1.95. The lowest BCUT2D eigenvalue weighted by molar-refractivity contribution is -0.117. The van der Waals surface area contributed by atoms with Crippen molar-refractivity contribution in [2.75, 3.05) is 25.1 Å². The van der Waals surface area contributed by atoms with E-state index in [1.807, 2.05) is 49.4 Å². The number of nitrogens with zero attached hydrogens (tertiary/aromatic N) is 3. The number of pyridine rings is 1. The Morgan fingerprint density at radius 2 is 2.11 bits per heavy atom. The first-order valence-electron chi connectivity index (χ1n) is 9.10. The molecule has 27 heavy (non-hydrogen) atoms. The van der Waals surface area contributed by atoms with E-state index >= 15 is 0 Å². The molecular formula is C20H25N5O2. The number of rotatable bonds is 6. The lowest BCUT2D eigenvalue weighted by Gasteiger charge is -2.19. The normalized spacial score (nSPS) is 17.1. The molecule has 1 amide bonds. The highest BCUT2D eigenvalue weighted by Gasteiger charge is 2.31. The second kappa shape index (κ2) is 9.02. The lowest BCUT2D eigenvalue weighted by atomic mass is 10.2. The zero-order valence-corrected chi connectivity index (χ0v) is 15.7. The summed E-state index contributed by atoms with van der Waals surface area (Å²) in [6, 6.07) is 13.6. The molecule has 1 aliphatic rings. The minimum Gasteiger partial charge on any atom is -0.478 e. The average molecular weight is 367 g/mol. The van der Waals surface area contributed by atoms with Crippen LogP contribution < -0.4 is 20.3 Å². The minimum absolute atomic E-state index is 0.00386. The molecule has 0 aliphatic carbocycles. The summed E-state index contributed by atoms with van der Waals surface area (Å²) < 4.78 is 5.55. The number of para-hydroxylation sites is 1. The number of amides is 1. The average Bonchev–Trinajstić information content (AvgIpc) is 3.07. The molecule has 1 atom stereocenters. The van der Waals surface area contributed by atoms with Crippen LogP contribution in [0, 0.1) is 0 Å². The Morgan fingerprint density at radius 1 is 1.30 bits per heavy atom. The molecule has 142 valence electrons. The largest absolute Gasteiger partial charge is 0.478 e. The summed E-state index contributed by atoms with van der Waals surface area (Å²) in [5, 5.41) is 6.60. The molecule has 1 unspecified atom stereocenters. The van der Waals surface area contributed by atoms with Gasteiger partial charge in [0, 0.05) is 44.0 Å². The fraction of sp³-hybridized carbons (Fsp3) is 0.350. The molecule has 7 heteroatoms. The second-order valence-corrected chi connectivity index (χ2v) is 6.21. The van der Waals surface area contributed by atoms with Gasteiger partial charge in [-0.1, -0.05) is 24.3 Å². The van der Waals surface area contributed by atoms with E-state index in [0.29, 0.717) is 38.0 Å². The number of carbonyl (C=O) groups is 1. The Kier molecular flexibility index (Phi) is 6.25. The summed E-state index contributed by atoms with van der Waals surface area (Å²) >= 11 is 0. The number of aromatic nitrogens is 1. The number of aliphatic imine (C=N–C) groups is 1. The van der Waals surface area contributed by atoms with Crippen LogP contribution in [0.5, 0.6) is 5.88 Å². The van der Waals surface area contributed by atoms with E-state index in [1.54, 1.807) is 18.1 Å². The van der Waals surface area contributed by atoms with Gasteiger partial charge in [0.25, 0.3) is 0 Å². The number of carbonyl (C=O) groups excluding carboxylic acids is 1. The number of guanidine groups is 1. The third-order valence-corrected chi connectivity index (χ3v) is 4.33. The van der Waals surface area contributed by atoms with Gasteiger partial charge in [0.2, 0.25) is 11.8 Å². The number of anilines is 1. The Morgan fingerprint density at radius 3 is 2.85 bits per heavy atom. The number of hydrogen-bond donors (Lipinski definition) is 2. The third-order valence-electron chi connectivity index (χ3n) is 4.33. The van der Waals surface area contributed by atoms with E-state index in [2.05, 4.69) is 20.6 Å². The third kappa shape index (κ3) is 4.75. The van der Waals surface area contributed by atoms with E-state index in [-0.39, 0.29) is 11.9 Å². The molecule has 1 saturated heterocycles. The predicted molar refractivity (Wildman–Crippen MR) is 106 cm³/mol. The zero-order chi connectivity index (χ0) is 19.1. The van der Waals surface area contributed by atoms with Crippen LogP contribution in [0.25, 0.3) is 0 Å². The van der Waals surface area contributed by atoms with E-state index in [0.717, 1.165) is 11.3 Å². The minimum atomic E-state index is 0.00386. The summed E-state index contributed by atoms with van der Waals surface area (Å²) in [4.78, 5) is 22.7. The van der Waals surface area contributed by atoms with Crippen molar-refractivity contribution in [3.05, 3.63) is 54.2 Å². The Labute approximate surface area is 159 Å². The Balaban J connectivity index is 1.58. The second-order valence-electron chi connectivity index (χ2n) is 6.21. The maximum absolute atomic E-state index is 12.4. The molecule has 1 fully saturated rings. The molecule has 0 radical (unpaired) electrons.